The van der Waals surface area contributed by atoms with Crippen LogP contribution < -0.4 is 0 Å². The molecule has 1 N–H and O–H groups in total. The molecule has 42 heavy (non-hydrogen) atoms. The maximum absolute atomic E-state index is 13.4. The van der Waals surface area contributed by atoms with Gasteiger partial charge in [-0.05, 0) is 88.7 Å². The van der Waals surface area contributed by atoms with Gasteiger partial charge in [0.25, 0.3) is 0 Å². The van der Waals surface area contributed by atoms with E-state index in [0.717, 1.165) is 28.4 Å². The lowest BCUT2D eigenvalue weighted by atomic mass is 9.69. The Bertz CT molecular complexity index is 1330. The topological polar surface area (TPSA) is 55.8 Å². The quantitative estimate of drug-likeness (QED) is 0.148. The first kappa shape index (κ1) is 31.3. The van der Waals surface area contributed by atoms with Gasteiger partial charge in [0, 0.05) is 33.9 Å². The Labute approximate surface area is 263 Å². The average Bonchev–Trinajstić information content (AvgIpc) is 3.71. The second-order valence-electron chi connectivity index (χ2n) is 12.6. The number of aliphatic hydroxyl groups is 1. The molecule has 4 nitrogen and oxygen atoms in total. The molecular formula is C36H43BrO4S. The molecule has 0 aromatic heterocycles. The van der Waals surface area contributed by atoms with Crippen molar-refractivity contribution >= 4 is 33.7 Å². The maximum atomic E-state index is 13.4. The van der Waals surface area contributed by atoms with E-state index in [-0.39, 0.29) is 23.4 Å². The molecule has 4 atom stereocenters. The molecule has 0 amide bonds. The van der Waals surface area contributed by atoms with Crippen molar-refractivity contribution in [1.82, 2.24) is 0 Å². The number of rotatable bonds is 13. The Morgan fingerprint density at radius 3 is 2.36 bits per heavy atom. The van der Waals surface area contributed by atoms with Gasteiger partial charge in [0.1, 0.15) is 0 Å². The van der Waals surface area contributed by atoms with Crippen molar-refractivity contribution in [3.05, 3.63) is 100 Å². The van der Waals surface area contributed by atoms with Crippen molar-refractivity contribution in [2.45, 2.75) is 93.7 Å². The van der Waals surface area contributed by atoms with Gasteiger partial charge in [-0.1, -0.05) is 80.6 Å². The van der Waals surface area contributed by atoms with Crippen molar-refractivity contribution in [3.8, 4) is 0 Å². The highest BCUT2D eigenvalue weighted by Crippen LogP contribution is 2.49. The van der Waals surface area contributed by atoms with Crippen LogP contribution in [0.5, 0.6) is 0 Å². The summed E-state index contributed by atoms with van der Waals surface area (Å²) in [5.74, 6) is -1.57. The highest BCUT2D eigenvalue weighted by molar-refractivity contribution is 9.10. The Kier molecular flexibility index (Phi) is 10.2. The van der Waals surface area contributed by atoms with Gasteiger partial charge < -0.3 is 14.6 Å². The van der Waals surface area contributed by atoms with Crippen LogP contribution in [0.1, 0.15) is 88.0 Å². The molecule has 3 aromatic rings. The summed E-state index contributed by atoms with van der Waals surface area (Å²) in [7, 11) is 0. The first-order valence-corrected chi connectivity index (χ1v) is 16.9. The van der Waals surface area contributed by atoms with Crippen LogP contribution in [0.15, 0.2) is 88.2 Å². The maximum Gasteiger partial charge on any atom is 0.313 e. The predicted molar refractivity (Wildman–Crippen MR) is 173 cm³/mol. The number of thioether (sulfide) groups is 1. The van der Waals surface area contributed by atoms with E-state index in [2.05, 4.69) is 72.2 Å². The van der Waals surface area contributed by atoms with E-state index in [9.17, 15) is 9.90 Å². The highest BCUT2D eigenvalue weighted by Gasteiger charge is 2.45. The van der Waals surface area contributed by atoms with Crippen LogP contribution in [0.3, 0.4) is 0 Å². The molecule has 2 aliphatic rings. The Morgan fingerprint density at radius 2 is 1.71 bits per heavy atom. The van der Waals surface area contributed by atoms with Crippen LogP contribution in [0.25, 0.3) is 0 Å². The van der Waals surface area contributed by atoms with E-state index in [0.29, 0.717) is 31.1 Å². The minimum atomic E-state index is -1.21. The fourth-order valence-electron chi connectivity index (χ4n) is 6.51. The summed E-state index contributed by atoms with van der Waals surface area (Å²) >= 11 is 5.68. The molecule has 2 unspecified atom stereocenters. The van der Waals surface area contributed by atoms with E-state index < -0.39 is 11.7 Å². The summed E-state index contributed by atoms with van der Waals surface area (Å²) in [5, 5.41) is 12.4. The summed E-state index contributed by atoms with van der Waals surface area (Å²) in [6.45, 7) is 6.54. The molecule has 2 saturated carbocycles. The molecule has 5 rings (SSSR count). The van der Waals surface area contributed by atoms with Gasteiger partial charge in [-0.2, -0.15) is 0 Å². The summed E-state index contributed by atoms with van der Waals surface area (Å²) in [5.41, 5.74) is 2.84. The SMILES string of the molecule is CCOC(=O)C(c1ccc(SC2CC2)c(Br)c1)C(C)(C)C[C@H]1CCC(O)(O[C@@H](Cc2ccccc2)c2ccccc2)C1. The first-order chi connectivity index (χ1) is 20.2. The number of halogens is 1. The van der Waals surface area contributed by atoms with Gasteiger partial charge in [-0.15, -0.1) is 11.8 Å². The fourth-order valence-corrected chi connectivity index (χ4v) is 8.23. The zero-order valence-corrected chi connectivity index (χ0v) is 27.3. The molecule has 224 valence electrons. The standard InChI is InChI=1S/C36H43BrO4S/c1-4-40-34(38)33(28-15-18-32(30(37)22-28)42-29-16-17-29)35(2,3)23-26-19-20-36(39,24-26)41-31(27-13-9-6-10-14-27)21-25-11-7-5-8-12-25/h5-15,18,22,26,29,31,33,39H,4,16-17,19-21,23-24H2,1-3H3/t26-,31+,33?,36?/m1/s1. The minimum Gasteiger partial charge on any atom is -0.466 e. The van der Waals surface area contributed by atoms with Gasteiger partial charge in [0.2, 0.25) is 0 Å². The van der Waals surface area contributed by atoms with Crippen molar-refractivity contribution in [3.63, 3.8) is 0 Å². The minimum absolute atomic E-state index is 0.187. The van der Waals surface area contributed by atoms with Gasteiger partial charge >= 0.3 is 5.97 Å². The smallest absolute Gasteiger partial charge is 0.313 e. The zero-order valence-electron chi connectivity index (χ0n) is 24.9. The van der Waals surface area contributed by atoms with Gasteiger partial charge in [-0.25, -0.2) is 0 Å². The van der Waals surface area contributed by atoms with E-state index in [1.54, 1.807) is 0 Å². The number of esters is 1. The third kappa shape index (κ3) is 8.07. The van der Waals surface area contributed by atoms with Crippen molar-refractivity contribution < 1.29 is 19.4 Å². The van der Waals surface area contributed by atoms with Gasteiger partial charge in [-0.3, -0.25) is 4.79 Å². The lowest BCUT2D eigenvalue weighted by molar-refractivity contribution is -0.229. The predicted octanol–water partition coefficient (Wildman–Crippen LogP) is 9.26. The molecule has 6 heteroatoms. The number of carbonyl (C=O) groups is 1. The van der Waals surface area contributed by atoms with E-state index >= 15 is 0 Å². The molecule has 0 heterocycles. The number of hydrogen-bond acceptors (Lipinski definition) is 5. The summed E-state index contributed by atoms with van der Waals surface area (Å²) < 4.78 is 13.2. The summed E-state index contributed by atoms with van der Waals surface area (Å²) in [6.07, 6.45) is 5.75. The van der Waals surface area contributed by atoms with E-state index in [1.165, 1.54) is 23.3 Å². The number of hydrogen-bond donors (Lipinski definition) is 1. The van der Waals surface area contributed by atoms with E-state index in [4.69, 9.17) is 9.47 Å². The van der Waals surface area contributed by atoms with Crippen molar-refractivity contribution in [2.75, 3.05) is 6.61 Å². The molecule has 0 radical (unpaired) electrons. The molecule has 2 fully saturated rings. The summed E-state index contributed by atoms with van der Waals surface area (Å²) in [4.78, 5) is 14.7. The van der Waals surface area contributed by atoms with Crippen molar-refractivity contribution in [1.29, 1.82) is 0 Å². The van der Waals surface area contributed by atoms with Crippen LogP contribution in [0.4, 0.5) is 0 Å². The average molecular weight is 652 g/mol. The number of ether oxygens (including phenoxy) is 2. The van der Waals surface area contributed by atoms with E-state index in [1.807, 2.05) is 55.1 Å². The molecule has 0 saturated heterocycles. The third-order valence-corrected chi connectivity index (χ3v) is 10.9. The third-order valence-electron chi connectivity index (χ3n) is 8.57. The van der Waals surface area contributed by atoms with Crippen LogP contribution in [0, 0.1) is 11.3 Å². The Morgan fingerprint density at radius 1 is 1.02 bits per heavy atom. The first-order valence-electron chi connectivity index (χ1n) is 15.3. The van der Waals surface area contributed by atoms with Crippen LogP contribution in [0.2, 0.25) is 0 Å². The Hall–Kier alpha value is -2.12. The normalized spacial score (nSPS) is 22.1. The molecule has 0 aliphatic heterocycles. The highest BCUT2D eigenvalue weighted by atomic mass is 79.9. The molecule has 3 aromatic carbocycles. The zero-order chi connectivity index (χ0) is 29.7. The van der Waals surface area contributed by atoms with Crippen LogP contribution in [-0.4, -0.2) is 28.7 Å². The van der Waals surface area contributed by atoms with Gasteiger partial charge in [0.05, 0.1) is 18.6 Å². The van der Waals surface area contributed by atoms with Crippen LogP contribution >= 0.6 is 27.7 Å². The molecule has 2 aliphatic carbocycles. The number of carbonyl (C=O) groups excluding carboxylic acids is 1. The Balaban J connectivity index is 1.31. The summed E-state index contributed by atoms with van der Waals surface area (Å²) in [6, 6.07) is 26.8. The number of benzene rings is 3. The van der Waals surface area contributed by atoms with Crippen LogP contribution in [-0.2, 0) is 20.7 Å². The lowest BCUT2D eigenvalue weighted by Crippen LogP contribution is -2.34. The van der Waals surface area contributed by atoms with Gasteiger partial charge in [0.15, 0.2) is 5.79 Å². The van der Waals surface area contributed by atoms with Crippen molar-refractivity contribution in [2.24, 2.45) is 11.3 Å². The second kappa shape index (κ2) is 13.7. The molecule has 0 bridgehead atoms. The molecular weight excluding hydrogens is 608 g/mol. The monoisotopic (exact) mass is 650 g/mol. The molecule has 0 spiro atoms. The largest absolute Gasteiger partial charge is 0.466 e. The lowest BCUT2D eigenvalue weighted by Gasteiger charge is -2.36. The second-order valence-corrected chi connectivity index (χ2v) is 14.8. The fraction of sp³-hybridized carbons (Fsp3) is 0.472.